The molecule has 10 heteroatoms. The lowest BCUT2D eigenvalue weighted by Gasteiger charge is -2.19. The molecular formula is C21H32F3IN4O2. The summed E-state index contributed by atoms with van der Waals surface area (Å²) in [5.74, 6) is 0.733. The average molecular weight is 556 g/mol. The highest BCUT2D eigenvalue weighted by molar-refractivity contribution is 14.0. The Kier molecular flexibility index (Phi) is 10.8. The molecule has 2 aliphatic rings. The topological polar surface area (TPSA) is 58.1 Å². The van der Waals surface area contributed by atoms with Crippen molar-refractivity contribution in [3.63, 3.8) is 0 Å². The maximum atomic E-state index is 12.7. The van der Waals surface area contributed by atoms with E-state index in [0.29, 0.717) is 26.3 Å². The lowest BCUT2D eigenvalue weighted by molar-refractivity contribution is -0.137. The number of aliphatic imine (C=N–C) groups is 1. The van der Waals surface area contributed by atoms with Crippen LogP contribution in [-0.2, 0) is 22.2 Å². The molecule has 2 N–H and O–H groups in total. The zero-order valence-electron chi connectivity index (χ0n) is 17.8. The first-order valence-electron chi connectivity index (χ1n) is 10.5. The van der Waals surface area contributed by atoms with Gasteiger partial charge < -0.3 is 20.1 Å². The van der Waals surface area contributed by atoms with Crippen LogP contribution < -0.4 is 10.6 Å². The predicted molar refractivity (Wildman–Crippen MR) is 125 cm³/mol. The number of alkyl halides is 3. The zero-order valence-corrected chi connectivity index (χ0v) is 20.1. The second kappa shape index (κ2) is 12.8. The van der Waals surface area contributed by atoms with E-state index in [0.717, 1.165) is 62.6 Å². The van der Waals surface area contributed by atoms with Crippen molar-refractivity contribution in [3.8, 4) is 0 Å². The van der Waals surface area contributed by atoms with Crippen LogP contribution in [0.2, 0.25) is 0 Å². The molecule has 0 aliphatic carbocycles. The summed E-state index contributed by atoms with van der Waals surface area (Å²) >= 11 is 0. The fourth-order valence-corrected chi connectivity index (χ4v) is 3.77. The number of likely N-dealkylation sites (tertiary alicyclic amines) is 1. The van der Waals surface area contributed by atoms with Crippen LogP contribution in [0.25, 0.3) is 0 Å². The predicted octanol–water partition coefficient (Wildman–Crippen LogP) is 3.26. The van der Waals surface area contributed by atoms with Gasteiger partial charge in [0.1, 0.15) is 0 Å². The van der Waals surface area contributed by atoms with Gasteiger partial charge in [-0.1, -0.05) is 12.1 Å². The minimum atomic E-state index is -4.29. The number of halogens is 4. The normalized spacial score (nSPS) is 22.4. The van der Waals surface area contributed by atoms with E-state index in [2.05, 4.69) is 20.5 Å². The fourth-order valence-electron chi connectivity index (χ4n) is 3.77. The summed E-state index contributed by atoms with van der Waals surface area (Å²) in [6.45, 7) is 5.06. The van der Waals surface area contributed by atoms with E-state index in [1.54, 1.807) is 19.2 Å². The Labute approximate surface area is 199 Å². The molecule has 6 nitrogen and oxygen atoms in total. The molecular weight excluding hydrogens is 524 g/mol. The number of ether oxygens (including phenoxy) is 2. The molecule has 0 aromatic heterocycles. The molecule has 3 rings (SSSR count). The molecule has 2 heterocycles. The Morgan fingerprint density at radius 2 is 2.03 bits per heavy atom. The van der Waals surface area contributed by atoms with Gasteiger partial charge in [-0.15, -0.1) is 24.0 Å². The van der Waals surface area contributed by atoms with Gasteiger partial charge in [0.15, 0.2) is 5.96 Å². The first kappa shape index (κ1) is 26.1. The van der Waals surface area contributed by atoms with Crippen LogP contribution >= 0.6 is 24.0 Å². The van der Waals surface area contributed by atoms with Crippen LogP contribution in [-0.4, -0.2) is 69.5 Å². The third kappa shape index (κ3) is 8.74. The molecule has 0 bridgehead atoms. The van der Waals surface area contributed by atoms with Gasteiger partial charge in [-0.25, -0.2) is 0 Å². The lowest BCUT2D eigenvalue weighted by Crippen LogP contribution is -2.45. The molecule has 2 saturated heterocycles. The second-order valence-electron chi connectivity index (χ2n) is 7.77. The number of hydrogen-bond donors (Lipinski definition) is 2. The quantitative estimate of drug-likeness (QED) is 0.223. The smallest absolute Gasteiger partial charge is 0.377 e. The van der Waals surface area contributed by atoms with Gasteiger partial charge >= 0.3 is 6.18 Å². The Morgan fingerprint density at radius 1 is 1.26 bits per heavy atom. The van der Waals surface area contributed by atoms with Crippen molar-refractivity contribution in [1.82, 2.24) is 15.5 Å². The third-order valence-electron chi connectivity index (χ3n) is 5.39. The van der Waals surface area contributed by atoms with Crippen molar-refractivity contribution in [2.45, 2.75) is 44.1 Å². The highest BCUT2D eigenvalue weighted by Crippen LogP contribution is 2.29. The van der Waals surface area contributed by atoms with Gasteiger partial charge in [0, 0.05) is 45.9 Å². The molecule has 176 valence electrons. The Hall–Kier alpha value is -1.11. The maximum Gasteiger partial charge on any atom is 0.416 e. The van der Waals surface area contributed by atoms with E-state index in [1.807, 2.05) is 0 Å². The summed E-state index contributed by atoms with van der Waals surface area (Å²) in [6.07, 6.45) is -0.922. The highest BCUT2D eigenvalue weighted by atomic mass is 127. The number of benzene rings is 1. The Balaban J connectivity index is 0.00000341. The largest absolute Gasteiger partial charge is 0.416 e. The number of rotatable bonds is 8. The molecule has 0 spiro atoms. The zero-order chi connectivity index (χ0) is 21.4. The van der Waals surface area contributed by atoms with E-state index in [4.69, 9.17) is 9.47 Å². The summed E-state index contributed by atoms with van der Waals surface area (Å²) < 4.78 is 49.2. The standard InChI is InChI=1S/C21H31F3N4O2.HI/c1-25-20(26-9-12-29-15-19-3-2-11-30-19)27-18-8-10-28(14-18)13-16-4-6-17(7-5-16)21(22,23)24;/h4-7,18-19H,2-3,8-15H2,1H3,(H2,25,26,27);1H. The van der Waals surface area contributed by atoms with Crippen molar-refractivity contribution < 1.29 is 22.6 Å². The van der Waals surface area contributed by atoms with Gasteiger partial charge in [0.05, 0.1) is 24.9 Å². The van der Waals surface area contributed by atoms with Crippen molar-refractivity contribution >= 4 is 29.9 Å². The minimum absolute atomic E-state index is 0. The van der Waals surface area contributed by atoms with E-state index in [-0.39, 0.29) is 36.1 Å². The molecule has 2 unspecified atom stereocenters. The third-order valence-corrected chi connectivity index (χ3v) is 5.39. The van der Waals surface area contributed by atoms with E-state index >= 15 is 0 Å². The summed E-state index contributed by atoms with van der Waals surface area (Å²) in [5.41, 5.74) is 0.274. The lowest BCUT2D eigenvalue weighted by atomic mass is 10.1. The summed E-state index contributed by atoms with van der Waals surface area (Å²) in [4.78, 5) is 6.49. The van der Waals surface area contributed by atoms with Crippen LogP contribution in [0, 0.1) is 0 Å². The van der Waals surface area contributed by atoms with Crippen LogP contribution in [0.15, 0.2) is 29.3 Å². The molecule has 0 amide bonds. The number of nitrogens with one attached hydrogen (secondary N) is 2. The van der Waals surface area contributed by atoms with Crippen LogP contribution in [0.4, 0.5) is 13.2 Å². The highest BCUT2D eigenvalue weighted by Gasteiger charge is 2.30. The fraction of sp³-hybridized carbons (Fsp3) is 0.667. The van der Waals surface area contributed by atoms with Crippen LogP contribution in [0.3, 0.4) is 0 Å². The number of nitrogens with zero attached hydrogens (tertiary/aromatic N) is 2. The van der Waals surface area contributed by atoms with Crippen LogP contribution in [0.1, 0.15) is 30.4 Å². The van der Waals surface area contributed by atoms with Gasteiger partial charge in [-0.2, -0.15) is 13.2 Å². The summed E-state index contributed by atoms with van der Waals surface area (Å²) in [6, 6.07) is 5.65. The molecule has 0 radical (unpaired) electrons. The Morgan fingerprint density at radius 3 is 2.68 bits per heavy atom. The van der Waals surface area contributed by atoms with Crippen LogP contribution in [0.5, 0.6) is 0 Å². The van der Waals surface area contributed by atoms with Gasteiger partial charge in [-0.3, -0.25) is 9.89 Å². The van der Waals surface area contributed by atoms with E-state index in [1.165, 1.54) is 0 Å². The van der Waals surface area contributed by atoms with Crippen molar-refractivity contribution in [1.29, 1.82) is 0 Å². The molecule has 2 fully saturated rings. The minimum Gasteiger partial charge on any atom is -0.377 e. The first-order chi connectivity index (χ1) is 14.4. The van der Waals surface area contributed by atoms with Gasteiger partial charge in [-0.05, 0) is 37.0 Å². The number of hydrogen-bond acceptors (Lipinski definition) is 4. The van der Waals surface area contributed by atoms with Gasteiger partial charge in [0.2, 0.25) is 0 Å². The van der Waals surface area contributed by atoms with Crippen molar-refractivity contribution in [2.24, 2.45) is 4.99 Å². The molecule has 2 atom stereocenters. The van der Waals surface area contributed by atoms with Gasteiger partial charge in [0.25, 0.3) is 0 Å². The van der Waals surface area contributed by atoms with Crippen molar-refractivity contribution in [3.05, 3.63) is 35.4 Å². The molecule has 0 saturated carbocycles. The average Bonchev–Trinajstić information content (AvgIpc) is 3.38. The number of guanidine groups is 1. The maximum absolute atomic E-state index is 12.7. The summed E-state index contributed by atoms with van der Waals surface area (Å²) in [5, 5.41) is 6.67. The van der Waals surface area contributed by atoms with E-state index in [9.17, 15) is 13.2 Å². The monoisotopic (exact) mass is 556 g/mol. The van der Waals surface area contributed by atoms with E-state index < -0.39 is 11.7 Å². The molecule has 1 aromatic rings. The first-order valence-corrected chi connectivity index (χ1v) is 10.5. The molecule has 1 aromatic carbocycles. The second-order valence-corrected chi connectivity index (χ2v) is 7.77. The Bertz CT molecular complexity index is 682. The molecule has 31 heavy (non-hydrogen) atoms. The summed E-state index contributed by atoms with van der Waals surface area (Å²) in [7, 11) is 1.73. The SMILES string of the molecule is CN=C(NCCOCC1CCCO1)NC1CCN(Cc2ccc(C(F)(F)F)cc2)C1.I. The van der Waals surface area contributed by atoms with Crippen molar-refractivity contribution in [2.75, 3.05) is 46.5 Å². The molecule has 2 aliphatic heterocycles.